The van der Waals surface area contributed by atoms with Crippen LogP contribution in [0.1, 0.15) is 26.3 Å². The number of nitrogens with one attached hydrogen (secondary N) is 1. The van der Waals surface area contributed by atoms with Gasteiger partial charge in [-0.2, -0.15) is 13.2 Å². The molecule has 0 saturated carbocycles. The molecule has 33 heavy (non-hydrogen) atoms. The molecule has 1 aliphatic rings. The second-order valence-corrected chi connectivity index (χ2v) is 7.69. The third kappa shape index (κ3) is 5.16. The number of anilines is 2. The van der Waals surface area contributed by atoms with Crippen LogP contribution >= 0.6 is 0 Å². The summed E-state index contributed by atoms with van der Waals surface area (Å²) in [6.07, 6.45) is -4.40. The SMILES string of the molecule is O=C(Nc1ccccc1C(=O)N1CCN(c2cccc(C(F)(F)F)c2)CC1)c1ccccc1. The number of carbonyl (C=O) groups is 2. The third-order valence-corrected chi connectivity index (χ3v) is 5.55. The molecule has 5 nitrogen and oxygen atoms in total. The zero-order chi connectivity index (χ0) is 23.4. The fraction of sp³-hybridized carbons (Fsp3) is 0.200. The van der Waals surface area contributed by atoms with Crippen LogP contribution < -0.4 is 10.2 Å². The van der Waals surface area contributed by atoms with Gasteiger partial charge in [0.15, 0.2) is 0 Å². The fourth-order valence-corrected chi connectivity index (χ4v) is 3.78. The molecule has 4 rings (SSSR count). The van der Waals surface area contributed by atoms with Gasteiger partial charge in [-0.3, -0.25) is 9.59 Å². The van der Waals surface area contributed by atoms with Gasteiger partial charge in [-0.15, -0.1) is 0 Å². The molecule has 1 fully saturated rings. The van der Waals surface area contributed by atoms with E-state index in [9.17, 15) is 22.8 Å². The van der Waals surface area contributed by atoms with Crippen LogP contribution in [0.15, 0.2) is 78.9 Å². The highest BCUT2D eigenvalue weighted by molar-refractivity contribution is 6.09. The van der Waals surface area contributed by atoms with E-state index in [1.165, 1.54) is 6.07 Å². The van der Waals surface area contributed by atoms with Gasteiger partial charge in [0.25, 0.3) is 11.8 Å². The molecule has 0 aliphatic carbocycles. The van der Waals surface area contributed by atoms with Crippen LogP contribution in [0.25, 0.3) is 0 Å². The lowest BCUT2D eigenvalue weighted by Crippen LogP contribution is -2.49. The number of hydrogen-bond donors (Lipinski definition) is 1. The molecule has 1 saturated heterocycles. The fourth-order valence-electron chi connectivity index (χ4n) is 3.78. The number of benzene rings is 3. The van der Waals surface area contributed by atoms with Crippen LogP contribution in [0, 0.1) is 0 Å². The van der Waals surface area contributed by atoms with E-state index in [1.807, 2.05) is 11.0 Å². The average molecular weight is 453 g/mol. The van der Waals surface area contributed by atoms with Gasteiger partial charge >= 0.3 is 6.18 Å². The number of amides is 2. The Bertz CT molecular complexity index is 1140. The summed E-state index contributed by atoms with van der Waals surface area (Å²) in [5.41, 5.74) is 1.05. The Morgan fingerprint density at radius 2 is 1.45 bits per heavy atom. The van der Waals surface area contributed by atoms with Crippen LogP contribution in [-0.2, 0) is 6.18 Å². The minimum Gasteiger partial charge on any atom is -0.368 e. The summed E-state index contributed by atoms with van der Waals surface area (Å²) < 4.78 is 39.1. The number of rotatable bonds is 4. The molecule has 0 radical (unpaired) electrons. The summed E-state index contributed by atoms with van der Waals surface area (Å²) in [5.74, 6) is -0.548. The predicted octanol–water partition coefficient (Wildman–Crippen LogP) is 4.92. The van der Waals surface area contributed by atoms with Crippen molar-refractivity contribution in [3.05, 3.63) is 95.6 Å². The summed E-state index contributed by atoms with van der Waals surface area (Å²) in [6, 6.07) is 20.7. The van der Waals surface area contributed by atoms with Gasteiger partial charge in [0.2, 0.25) is 0 Å². The minimum absolute atomic E-state index is 0.234. The highest BCUT2D eigenvalue weighted by Crippen LogP contribution is 2.32. The van der Waals surface area contributed by atoms with Gasteiger partial charge in [0.1, 0.15) is 0 Å². The van der Waals surface area contributed by atoms with Crippen LogP contribution in [-0.4, -0.2) is 42.9 Å². The van der Waals surface area contributed by atoms with Crippen molar-refractivity contribution >= 4 is 23.2 Å². The number of hydrogen-bond acceptors (Lipinski definition) is 3. The summed E-state index contributed by atoms with van der Waals surface area (Å²) in [6.45, 7) is 1.53. The molecular formula is C25H22F3N3O2. The van der Waals surface area contributed by atoms with Gasteiger partial charge in [-0.25, -0.2) is 0 Å². The Morgan fingerprint density at radius 1 is 0.788 bits per heavy atom. The number of alkyl halides is 3. The van der Waals surface area contributed by atoms with E-state index in [0.29, 0.717) is 48.7 Å². The molecule has 0 bridgehead atoms. The average Bonchev–Trinajstić information content (AvgIpc) is 2.84. The van der Waals surface area contributed by atoms with E-state index in [-0.39, 0.29) is 11.8 Å². The second-order valence-electron chi connectivity index (χ2n) is 7.69. The molecule has 8 heteroatoms. The quantitative estimate of drug-likeness (QED) is 0.610. The van der Waals surface area contributed by atoms with Gasteiger partial charge in [0.05, 0.1) is 16.8 Å². The Kier molecular flexibility index (Phi) is 6.35. The molecule has 3 aromatic carbocycles. The number of piperazine rings is 1. The minimum atomic E-state index is -4.40. The monoisotopic (exact) mass is 453 g/mol. The zero-order valence-corrected chi connectivity index (χ0v) is 17.7. The van der Waals surface area contributed by atoms with E-state index in [1.54, 1.807) is 59.5 Å². The predicted molar refractivity (Wildman–Crippen MR) is 120 cm³/mol. The van der Waals surface area contributed by atoms with Crippen molar-refractivity contribution in [1.29, 1.82) is 0 Å². The summed E-state index contributed by atoms with van der Waals surface area (Å²) >= 11 is 0. The normalized spacial score (nSPS) is 14.2. The standard InChI is InChI=1S/C25H22F3N3O2/c26-25(27,28)19-9-6-10-20(17-19)30-13-15-31(16-14-30)24(33)21-11-4-5-12-22(21)29-23(32)18-7-2-1-3-8-18/h1-12,17H,13-16H2,(H,29,32). The van der Waals surface area contributed by atoms with E-state index in [0.717, 1.165) is 12.1 Å². The molecule has 0 unspecified atom stereocenters. The molecular weight excluding hydrogens is 431 g/mol. The highest BCUT2D eigenvalue weighted by atomic mass is 19.4. The van der Waals surface area contributed by atoms with E-state index in [2.05, 4.69) is 5.32 Å². The number of para-hydroxylation sites is 1. The van der Waals surface area contributed by atoms with Crippen molar-refractivity contribution in [2.24, 2.45) is 0 Å². The van der Waals surface area contributed by atoms with Crippen molar-refractivity contribution in [2.45, 2.75) is 6.18 Å². The molecule has 1 aliphatic heterocycles. The molecule has 170 valence electrons. The summed E-state index contributed by atoms with van der Waals surface area (Å²) in [5, 5.41) is 2.80. The number of halogens is 3. The van der Waals surface area contributed by atoms with Gasteiger partial charge < -0.3 is 15.1 Å². The first-order valence-corrected chi connectivity index (χ1v) is 10.5. The summed E-state index contributed by atoms with van der Waals surface area (Å²) in [4.78, 5) is 29.2. The van der Waals surface area contributed by atoms with Crippen molar-refractivity contribution < 1.29 is 22.8 Å². The topological polar surface area (TPSA) is 52.7 Å². The molecule has 1 N–H and O–H groups in total. The first kappa shape index (κ1) is 22.4. The maximum absolute atomic E-state index is 13.2. The largest absolute Gasteiger partial charge is 0.416 e. The Hall–Kier alpha value is -3.81. The van der Waals surface area contributed by atoms with Gasteiger partial charge in [0, 0.05) is 37.4 Å². The number of carbonyl (C=O) groups excluding carboxylic acids is 2. The molecule has 0 spiro atoms. The third-order valence-electron chi connectivity index (χ3n) is 5.55. The molecule has 1 heterocycles. The van der Waals surface area contributed by atoms with Crippen molar-refractivity contribution in [2.75, 3.05) is 36.4 Å². The molecule has 0 atom stereocenters. The van der Waals surface area contributed by atoms with Crippen molar-refractivity contribution in [1.82, 2.24) is 4.90 Å². The summed E-state index contributed by atoms with van der Waals surface area (Å²) in [7, 11) is 0. The first-order chi connectivity index (χ1) is 15.8. The lowest BCUT2D eigenvalue weighted by Gasteiger charge is -2.36. The molecule has 0 aromatic heterocycles. The van der Waals surface area contributed by atoms with Crippen molar-refractivity contribution in [3.8, 4) is 0 Å². The Labute approximate surface area is 189 Å². The highest BCUT2D eigenvalue weighted by Gasteiger charge is 2.31. The Balaban J connectivity index is 1.44. The second kappa shape index (κ2) is 9.36. The maximum Gasteiger partial charge on any atom is 0.416 e. The van der Waals surface area contributed by atoms with Crippen LogP contribution in [0.4, 0.5) is 24.5 Å². The van der Waals surface area contributed by atoms with Crippen LogP contribution in [0.3, 0.4) is 0 Å². The van der Waals surface area contributed by atoms with E-state index < -0.39 is 11.7 Å². The van der Waals surface area contributed by atoms with E-state index >= 15 is 0 Å². The zero-order valence-electron chi connectivity index (χ0n) is 17.7. The molecule has 2 amide bonds. The Morgan fingerprint density at radius 3 is 2.15 bits per heavy atom. The first-order valence-electron chi connectivity index (χ1n) is 10.5. The van der Waals surface area contributed by atoms with Crippen molar-refractivity contribution in [3.63, 3.8) is 0 Å². The van der Waals surface area contributed by atoms with E-state index in [4.69, 9.17) is 0 Å². The van der Waals surface area contributed by atoms with Gasteiger partial charge in [-0.1, -0.05) is 36.4 Å². The number of nitrogens with zero attached hydrogens (tertiary/aromatic N) is 2. The van der Waals surface area contributed by atoms with Crippen LogP contribution in [0.2, 0.25) is 0 Å². The smallest absolute Gasteiger partial charge is 0.368 e. The maximum atomic E-state index is 13.2. The lowest BCUT2D eigenvalue weighted by molar-refractivity contribution is -0.137. The van der Waals surface area contributed by atoms with Gasteiger partial charge in [-0.05, 0) is 42.5 Å². The van der Waals surface area contributed by atoms with Crippen LogP contribution in [0.5, 0.6) is 0 Å². The molecule has 3 aromatic rings. The lowest BCUT2D eigenvalue weighted by atomic mass is 10.1.